The van der Waals surface area contributed by atoms with Crippen LogP contribution in [0.4, 0.5) is 4.79 Å². The standard InChI is InChI=1S/C26H27N3O7.C2H6S.C2H6/c1-26(2,3)36-25(33)27-11-22(31)35-21(13-30)17-10-20-23-16(9-15-7-5-6-8-19(15)28-23)12-29(20)24(32)18(17)14-34-4;1-3-2;1-2/h5-10,13,21H,11-12,14H2,1-4H3,(H,27,33);1-2H3;1-2H3. The normalized spacial score (nSPS) is 12.0. The molecule has 1 atom stereocenters. The summed E-state index contributed by atoms with van der Waals surface area (Å²) in [7, 11) is 1.43. The summed E-state index contributed by atoms with van der Waals surface area (Å²) in [4.78, 5) is 54.4. The minimum atomic E-state index is -1.38. The first-order valence-electron chi connectivity index (χ1n) is 13.2. The number of pyridine rings is 2. The Labute approximate surface area is 244 Å². The van der Waals surface area contributed by atoms with E-state index < -0.39 is 30.3 Å². The Morgan fingerprint density at radius 1 is 1.17 bits per heavy atom. The predicted molar refractivity (Wildman–Crippen MR) is 161 cm³/mol. The lowest BCUT2D eigenvalue weighted by atomic mass is 10.0. The first kappa shape index (κ1) is 33.5. The molecule has 222 valence electrons. The zero-order valence-corrected chi connectivity index (χ0v) is 25.7. The van der Waals surface area contributed by atoms with E-state index in [2.05, 4.69) is 5.32 Å². The van der Waals surface area contributed by atoms with Crippen LogP contribution in [-0.2, 0) is 37.0 Å². The zero-order valence-electron chi connectivity index (χ0n) is 24.9. The Bertz CT molecular complexity index is 1430. The quantitative estimate of drug-likeness (QED) is 0.238. The molecular formula is C30H39N3O7S. The maximum Gasteiger partial charge on any atom is 0.408 e. The smallest absolute Gasteiger partial charge is 0.408 e. The van der Waals surface area contributed by atoms with Gasteiger partial charge in [-0.25, -0.2) is 9.78 Å². The molecule has 1 aromatic carbocycles. The number of alkyl carbamates (subject to hydrolysis) is 1. The molecular weight excluding hydrogens is 546 g/mol. The summed E-state index contributed by atoms with van der Waals surface area (Å²) >= 11 is 1.75. The summed E-state index contributed by atoms with van der Waals surface area (Å²) in [5.41, 5.74) is 2.08. The van der Waals surface area contributed by atoms with Gasteiger partial charge in [-0.2, -0.15) is 11.8 Å². The van der Waals surface area contributed by atoms with Gasteiger partial charge in [-0.15, -0.1) is 0 Å². The Morgan fingerprint density at radius 3 is 2.44 bits per heavy atom. The Morgan fingerprint density at radius 2 is 1.83 bits per heavy atom. The van der Waals surface area contributed by atoms with Gasteiger partial charge in [0.2, 0.25) is 0 Å². The number of carbonyl (C=O) groups excluding carboxylic acids is 3. The fraction of sp³-hybridized carbons (Fsp3) is 0.433. The lowest BCUT2D eigenvalue weighted by Crippen LogP contribution is -2.36. The highest BCUT2D eigenvalue weighted by molar-refractivity contribution is 7.97. The van der Waals surface area contributed by atoms with Crippen LogP contribution in [0.1, 0.15) is 57.4 Å². The number of nitrogens with one attached hydrogen (secondary N) is 1. The molecule has 0 radical (unpaired) electrons. The largest absolute Gasteiger partial charge is 0.448 e. The molecule has 0 spiro atoms. The number of carbonyl (C=O) groups is 3. The lowest BCUT2D eigenvalue weighted by molar-refractivity contribution is -0.151. The van der Waals surface area contributed by atoms with Gasteiger partial charge < -0.3 is 24.1 Å². The van der Waals surface area contributed by atoms with Gasteiger partial charge in [0.15, 0.2) is 12.4 Å². The van der Waals surface area contributed by atoms with Gasteiger partial charge in [0.1, 0.15) is 12.1 Å². The SMILES string of the molecule is CC.COCc1c(C(C=O)OC(=O)CNC(=O)OC(C)(C)C)cc2n(c1=O)Cc1cc3ccccc3nc1-2.CSC. The fourth-order valence-corrected chi connectivity index (χ4v) is 4.08. The number of ether oxygens (including phenoxy) is 3. The van der Waals surface area contributed by atoms with Gasteiger partial charge >= 0.3 is 12.1 Å². The van der Waals surface area contributed by atoms with Crippen molar-refractivity contribution in [2.45, 2.75) is 59.5 Å². The third-order valence-corrected chi connectivity index (χ3v) is 5.56. The topological polar surface area (TPSA) is 126 Å². The maximum absolute atomic E-state index is 13.4. The molecule has 4 rings (SSSR count). The minimum absolute atomic E-state index is 0.0851. The third-order valence-electron chi connectivity index (χ3n) is 5.56. The molecule has 1 unspecified atom stereocenters. The molecule has 1 N–H and O–H groups in total. The number of hydrogen-bond donors (Lipinski definition) is 1. The van der Waals surface area contributed by atoms with Gasteiger partial charge in [-0.3, -0.25) is 14.4 Å². The Hall–Kier alpha value is -3.70. The summed E-state index contributed by atoms with van der Waals surface area (Å²) in [5, 5.41) is 3.24. The van der Waals surface area contributed by atoms with E-state index in [0.29, 0.717) is 24.2 Å². The summed E-state index contributed by atoms with van der Waals surface area (Å²) in [6.07, 6.45) is 2.33. The molecule has 11 heteroatoms. The second kappa shape index (κ2) is 15.3. The summed E-state index contributed by atoms with van der Waals surface area (Å²) < 4.78 is 17.2. The van der Waals surface area contributed by atoms with Crippen LogP contribution in [0, 0.1) is 0 Å². The van der Waals surface area contributed by atoms with Crippen molar-refractivity contribution in [3.05, 3.63) is 63.4 Å². The van der Waals surface area contributed by atoms with Crippen molar-refractivity contribution < 1.29 is 28.6 Å². The number of hydrogen-bond acceptors (Lipinski definition) is 9. The molecule has 1 aliphatic heterocycles. The number of nitrogens with zero attached hydrogens (tertiary/aromatic N) is 2. The van der Waals surface area contributed by atoms with Crippen LogP contribution in [0.2, 0.25) is 0 Å². The summed E-state index contributed by atoms with van der Waals surface area (Å²) in [5.74, 6) is -0.869. The molecule has 0 saturated heterocycles. The number of para-hydroxylation sites is 1. The second-order valence-corrected chi connectivity index (χ2v) is 10.6. The second-order valence-electron chi connectivity index (χ2n) is 9.79. The number of rotatable bonds is 7. The van der Waals surface area contributed by atoms with E-state index in [1.807, 2.05) is 56.7 Å². The van der Waals surface area contributed by atoms with Crippen LogP contribution < -0.4 is 10.9 Å². The highest BCUT2D eigenvalue weighted by Crippen LogP contribution is 2.34. The van der Waals surface area contributed by atoms with Crippen molar-refractivity contribution in [2.75, 3.05) is 26.2 Å². The highest BCUT2D eigenvalue weighted by atomic mass is 32.2. The van der Waals surface area contributed by atoms with E-state index in [9.17, 15) is 19.2 Å². The van der Waals surface area contributed by atoms with E-state index >= 15 is 0 Å². The molecule has 0 saturated carbocycles. The van der Waals surface area contributed by atoms with E-state index in [1.165, 1.54) is 7.11 Å². The zero-order chi connectivity index (χ0) is 30.7. The number of thioether (sulfide) groups is 1. The van der Waals surface area contributed by atoms with Crippen LogP contribution in [0.15, 0.2) is 41.2 Å². The molecule has 1 amide bonds. The van der Waals surface area contributed by atoms with Crippen molar-refractivity contribution in [3.8, 4) is 11.4 Å². The van der Waals surface area contributed by atoms with E-state index in [-0.39, 0.29) is 23.3 Å². The molecule has 10 nitrogen and oxygen atoms in total. The molecule has 3 aromatic rings. The first-order chi connectivity index (χ1) is 19.5. The van der Waals surface area contributed by atoms with E-state index in [1.54, 1.807) is 43.2 Å². The van der Waals surface area contributed by atoms with Crippen LogP contribution in [0.5, 0.6) is 0 Å². The van der Waals surface area contributed by atoms with E-state index in [4.69, 9.17) is 19.2 Å². The molecule has 1 aliphatic rings. The monoisotopic (exact) mass is 585 g/mol. The number of fused-ring (bicyclic) bond motifs is 4. The molecule has 3 heterocycles. The lowest BCUT2D eigenvalue weighted by Gasteiger charge is -2.20. The number of methoxy groups -OCH3 is 1. The predicted octanol–water partition coefficient (Wildman–Crippen LogP) is 4.88. The van der Waals surface area contributed by atoms with Crippen LogP contribution in [0.25, 0.3) is 22.3 Å². The maximum atomic E-state index is 13.4. The van der Waals surface area contributed by atoms with Gasteiger partial charge in [0.05, 0.1) is 35.6 Å². The van der Waals surface area contributed by atoms with Crippen molar-refractivity contribution >= 4 is 41.0 Å². The highest BCUT2D eigenvalue weighted by Gasteiger charge is 2.29. The van der Waals surface area contributed by atoms with Crippen molar-refractivity contribution in [1.82, 2.24) is 14.9 Å². The number of aromatic nitrogens is 2. The van der Waals surface area contributed by atoms with Gasteiger partial charge in [0, 0.05) is 23.6 Å². The summed E-state index contributed by atoms with van der Waals surface area (Å²) in [6.45, 7) is 8.79. The third kappa shape index (κ3) is 8.64. The van der Waals surface area contributed by atoms with Crippen molar-refractivity contribution in [2.24, 2.45) is 0 Å². The van der Waals surface area contributed by atoms with E-state index in [0.717, 1.165) is 16.5 Å². The average molecular weight is 586 g/mol. The number of esters is 1. The van der Waals surface area contributed by atoms with Crippen molar-refractivity contribution in [3.63, 3.8) is 0 Å². The number of aldehydes is 1. The molecule has 2 aromatic heterocycles. The molecule has 41 heavy (non-hydrogen) atoms. The van der Waals surface area contributed by atoms with Gasteiger partial charge in [-0.1, -0.05) is 32.0 Å². The fourth-order valence-electron chi connectivity index (χ4n) is 4.08. The number of benzene rings is 1. The first-order valence-corrected chi connectivity index (χ1v) is 14.8. The molecule has 0 fully saturated rings. The Balaban J connectivity index is 0.00000110. The number of amides is 1. The van der Waals surface area contributed by atoms with Gasteiger partial charge in [0.25, 0.3) is 5.56 Å². The molecule has 0 bridgehead atoms. The molecule has 0 aliphatic carbocycles. The minimum Gasteiger partial charge on any atom is -0.448 e. The van der Waals surface area contributed by atoms with Crippen LogP contribution in [-0.4, -0.2) is 59.7 Å². The summed E-state index contributed by atoms with van der Waals surface area (Å²) in [6, 6.07) is 11.2. The van der Waals surface area contributed by atoms with Crippen LogP contribution in [0.3, 0.4) is 0 Å². The van der Waals surface area contributed by atoms with Crippen LogP contribution >= 0.6 is 11.8 Å². The van der Waals surface area contributed by atoms with Gasteiger partial charge in [-0.05, 0) is 51.5 Å². The average Bonchev–Trinajstić information content (AvgIpc) is 3.29. The Kier molecular flexibility index (Phi) is 12.5. The van der Waals surface area contributed by atoms with Crippen molar-refractivity contribution in [1.29, 1.82) is 0 Å².